The van der Waals surface area contributed by atoms with Crippen LogP contribution in [0.25, 0.3) is 0 Å². The highest BCUT2D eigenvalue weighted by Gasteiger charge is 2.42. The van der Waals surface area contributed by atoms with Crippen LogP contribution in [-0.4, -0.2) is 25.7 Å². The Morgan fingerprint density at radius 1 is 1.17 bits per heavy atom. The number of ether oxygens (including phenoxy) is 2. The second kappa shape index (κ2) is 7.39. The molecule has 0 heterocycles. The molecule has 0 amide bonds. The SMILES string of the molecule is CCCCOC(=O)CC1(C(=O)OC)CCCCC1. The molecule has 104 valence electrons. The lowest BCUT2D eigenvalue weighted by Gasteiger charge is -2.33. The number of rotatable bonds is 6. The molecule has 1 rings (SSSR count). The first kappa shape index (κ1) is 15.0. The minimum atomic E-state index is -0.629. The normalized spacial score (nSPS) is 18.1. The second-order valence-corrected chi connectivity index (χ2v) is 5.08. The molecule has 0 N–H and O–H groups in total. The Labute approximate surface area is 109 Å². The van der Waals surface area contributed by atoms with Crippen LogP contribution in [0.2, 0.25) is 0 Å². The van der Waals surface area contributed by atoms with Gasteiger partial charge in [-0.15, -0.1) is 0 Å². The summed E-state index contributed by atoms with van der Waals surface area (Å²) in [5.74, 6) is -0.523. The van der Waals surface area contributed by atoms with E-state index in [4.69, 9.17) is 9.47 Å². The third-order valence-corrected chi connectivity index (χ3v) is 3.67. The average Bonchev–Trinajstić information content (AvgIpc) is 2.39. The van der Waals surface area contributed by atoms with Gasteiger partial charge >= 0.3 is 11.9 Å². The van der Waals surface area contributed by atoms with Crippen LogP contribution in [-0.2, 0) is 19.1 Å². The van der Waals surface area contributed by atoms with Gasteiger partial charge in [-0.1, -0.05) is 32.6 Å². The Hall–Kier alpha value is -1.06. The van der Waals surface area contributed by atoms with E-state index in [1.165, 1.54) is 7.11 Å². The standard InChI is InChI=1S/C14H24O4/c1-3-4-10-18-12(15)11-14(13(16)17-2)8-6-5-7-9-14/h3-11H2,1-2H3. The summed E-state index contributed by atoms with van der Waals surface area (Å²) < 4.78 is 10.0. The van der Waals surface area contributed by atoms with Crippen LogP contribution in [0, 0.1) is 5.41 Å². The molecule has 0 radical (unpaired) electrons. The summed E-state index contributed by atoms with van der Waals surface area (Å²) in [6.07, 6.45) is 6.61. The van der Waals surface area contributed by atoms with Crippen LogP contribution in [0.3, 0.4) is 0 Å². The molecular formula is C14H24O4. The Morgan fingerprint density at radius 3 is 2.39 bits per heavy atom. The van der Waals surface area contributed by atoms with Crippen molar-refractivity contribution < 1.29 is 19.1 Å². The van der Waals surface area contributed by atoms with Gasteiger partial charge in [0.1, 0.15) is 0 Å². The summed E-state index contributed by atoms with van der Waals surface area (Å²) in [5, 5.41) is 0. The first-order valence-electron chi connectivity index (χ1n) is 6.88. The van der Waals surface area contributed by atoms with E-state index in [9.17, 15) is 9.59 Å². The summed E-state index contributed by atoms with van der Waals surface area (Å²) in [6.45, 7) is 2.50. The van der Waals surface area contributed by atoms with Gasteiger partial charge < -0.3 is 9.47 Å². The molecule has 0 atom stereocenters. The smallest absolute Gasteiger partial charge is 0.312 e. The van der Waals surface area contributed by atoms with E-state index in [0.717, 1.165) is 44.9 Å². The Morgan fingerprint density at radius 2 is 1.83 bits per heavy atom. The molecule has 0 saturated heterocycles. The lowest BCUT2D eigenvalue weighted by atomic mass is 9.72. The second-order valence-electron chi connectivity index (χ2n) is 5.08. The molecule has 0 aliphatic heterocycles. The van der Waals surface area contributed by atoms with E-state index >= 15 is 0 Å². The summed E-state index contributed by atoms with van der Waals surface area (Å²) in [4.78, 5) is 23.7. The molecule has 18 heavy (non-hydrogen) atoms. The van der Waals surface area contributed by atoms with Crippen molar-refractivity contribution in [1.82, 2.24) is 0 Å². The Balaban J connectivity index is 2.55. The third-order valence-electron chi connectivity index (χ3n) is 3.67. The number of hydrogen-bond donors (Lipinski definition) is 0. The molecule has 1 aliphatic carbocycles. The highest BCUT2D eigenvalue weighted by Crippen LogP contribution is 2.40. The van der Waals surface area contributed by atoms with E-state index < -0.39 is 5.41 Å². The lowest BCUT2D eigenvalue weighted by Crippen LogP contribution is -2.37. The molecule has 0 unspecified atom stereocenters. The molecule has 0 aromatic carbocycles. The van der Waals surface area contributed by atoms with Gasteiger partial charge in [0.05, 0.1) is 25.6 Å². The van der Waals surface area contributed by atoms with Crippen molar-refractivity contribution in [1.29, 1.82) is 0 Å². The van der Waals surface area contributed by atoms with Gasteiger partial charge in [0.15, 0.2) is 0 Å². The molecular weight excluding hydrogens is 232 g/mol. The van der Waals surface area contributed by atoms with Crippen LogP contribution >= 0.6 is 0 Å². The fourth-order valence-corrected chi connectivity index (χ4v) is 2.56. The van der Waals surface area contributed by atoms with Crippen LogP contribution in [0.5, 0.6) is 0 Å². The highest BCUT2D eigenvalue weighted by molar-refractivity contribution is 5.83. The number of carbonyl (C=O) groups excluding carboxylic acids is 2. The van der Waals surface area contributed by atoms with Gasteiger partial charge in [-0.25, -0.2) is 0 Å². The minimum Gasteiger partial charge on any atom is -0.469 e. The molecule has 0 aromatic heterocycles. The molecule has 1 aliphatic rings. The zero-order valence-electron chi connectivity index (χ0n) is 11.5. The predicted molar refractivity (Wildman–Crippen MR) is 68.0 cm³/mol. The fraction of sp³-hybridized carbons (Fsp3) is 0.857. The van der Waals surface area contributed by atoms with E-state index in [1.807, 2.05) is 6.92 Å². The zero-order chi connectivity index (χ0) is 13.4. The van der Waals surface area contributed by atoms with Gasteiger partial charge in [0.25, 0.3) is 0 Å². The molecule has 1 saturated carbocycles. The van der Waals surface area contributed by atoms with Crippen molar-refractivity contribution in [3.63, 3.8) is 0 Å². The zero-order valence-corrected chi connectivity index (χ0v) is 11.5. The monoisotopic (exact) mass is 256 g/mol. The summed E-state index contributed by atoms with van der Waals surface area (Å²) >= 11 is 0. The third kappa shape index (κ3) is 4.00. The van der Waals surface area contributed by atoms with Crippen LogP contribution < -0.4 is 0 Å². The largest absolute Gasteiger partial charge is 0.469 e. The number of esters is 2. The van der Waals surface area contributed by atoms with E-state index in [0.29, 0.717) is 6.61 Å². The maximum absolute atomic E-state index is 11.9. The minimum absolute atomic E-state index is 0.170. The lowest BCUT2D eigenvalue weighted by molar-refractivity contribution is -0.163. The molecule has 0 bridgehead atoms. The van der Waals surface area contributed by atoms with Crippen molar-refractivity contribution >= 4 is 11.9 Å². The molecule has 4 nitrogen and oxygen atoms in total. The van der Waals surface area contributed by atoms with Gasteiger partial charge in [0, 0.05) is 0 Å². The molecule has 4 heteroatoms. The summed E-state index contributed by atoms with van der Waals surface area (Å²) in [5.41, 5.74) is -0.629. The summed E-state index contributed by atoms with van der Waals surface area (Å²) in [7, 11) is 1.39. The Bertz CT molecular complexity index is 280. The summed E-state index contributed by atoms with van der Waals surface area (Å²) in [6, 6.07) is 0. The van der Waals surface area contributed by atoms with E-state index in [1.54, 1.807) is 0 Å². The Kier molecular flexibility index (Phi) is 6.16. The van der Waals surface area contributed by atoms with Crippen LogP contribution in [0.1, 0.15) is 58.3 Å². The van der Waals surface area contributed by atoms with Crippen molar-refractivity contribution in [2.45, 2.75) is 58.3 Å². The van der Waals surface area contributed by atoms with Crippen molar-refractivity contribution in [3.05, 3.63) is 0 Å². The maximum atomic E-state index is 11.9. The van der Waals surface area contributed by atoms with E-state index in [-0.39, 0.29) is 18.4 Å². The first-order valence-corrected chi connectivity index (χ1v) is 6.88. The van der Waals surface area contributed by atoms with Gasteiger partial charge in [-0.05, 0) is 19.3 Å². The van der Waals surface area contributed by atoms with Gasteiger partial charge in [-0.2, -0.15) is 0 Å². The first-order chi connectivity index (χ1) is 8.64. The topological polar surface area (TPSA) is 52.6 Å². The quantitative estimate of drug-likeness (QED) is 0.541. The molecule has 1 fully saturated rings. The highest BCUT2D eigenvalue weighted by atomic mass is 16.5. The number of unbranched alkanes of at least 4 members (excludes halogenated alkanes) is 1. The van der Waals surface area contributed by atoms with Gasteiger partial charge in [0.2, 0.25) is 0 Å². The molecule has 0 spiro atoms. The van der Waals surface area contributed by atoms with Crippen molar-refractivity contribution in [3.8, 4) is 0 Å². The number of hydrogen-bond acceptors (Lipinski definition) is 4. The van der Waals surface area contributed by atoms with Crippen LogP contribution in [0.4, 0.5) is 0 Å². The predicted octanol–water partition coefficient (Wildman–Crippen LogP) is 2.84. The molecule has 0 aromatic rings. The van der Waals surface area contributed by atoms with Crippen molar-refractivity contribution in [2.75, 3.05) is 13.7 Å². The number of methoxy groups -OCH3 is 1. The maximum Gasteiger partial charge on any atom is 0.312 e. The van der Waals surface area contributed by atoms with Crippen molar-refractivity contribution in [2.24, 2.45) is 5.41 Å². The van der Waals surface area contributed by atoms with E-state index in [2.05, 4.69) is 0 Å². The van der Waals surface area contributed by atoms with Crippen LogP contribution in [0.15, 0.2) is 0 Å². The average molecular weight is 256 g/mol. The van der Waals surface area contributed by atoms with Gasteiger partial charge in [-0.3, -0.25) is 9.59 Å². The number of carbonyl (C=O) groups is 2. The fourth-order valence-electron chi connectivity index (χ4n) is 2.56.